The van der Waals surface area contributed by atoms with Gasteiger partial charge >= 0.3 is 0 Å². The summed E-state index contributed by atoms with van der Waals surface area (Å²) in [5.41, 5.74) is 6.77. The molecular weight excluding hydrogens is 130 g/mol. The Morgan fingerprint density at radius 1 is 1.40 bits per heavy atom. The highest BCUT2D eigenvalue weighted by Crippen LogP contribution is 2.14. The molecule has 2 aromatic rings. The lowest BCUT2D eigenvalue weighted by molar-refractivity contribution is 0.602. The van der Waals surface area contributed by atoms with Gasteiger partial charge < -0.3 is 10.2 Å². The molecule has 0 aliphatic carbocycles. The Bertz CT molecular complexity index is 355. The summed E-state index contributed by atoms with van der Waals surface area (Å²) < 4.78 is 4.97. The molecule has 0 fully saturated rings. The molecule has 2 N–H and O–H groups in total. The van der Waals surface area contributed by atoms with Crippen LogP contribution < -0.4 is 5.73 Å². The highest BCUT2D eigenvalue weighted by Gasteiger charge is 2.00. The largest absolute Gasteiger partial charge is 0.443 e. The maximum absolute atomic E-state index is 5.47. The minimum atomic E-state index is 0.409. The number of anilines is 1. The normalized spacial score (nSPS) is 10.4. The molecular formula is C6H5N3O. The Hall–Kier alpha value is -1.58. The first-order valence-corrected chi connectivity index (χ1v) is 2.81. The zero-order valence-corrected chi connectivity index (χ0v) is 5.11. The van der Waals surface area contributed by atoms with E-state index in [1.165, 1.54) is 6.39 Å². The molecule has 50 valence electrons. The van der Waals surface area contributed by atoms with Crippen LogP contribution in [0.4, 0.5) is 5.82 Å². The van der Waals surface area contributed by atoms with Crippen LogP contribution in [-0.4, -0.2) is 9.97 Å². The third kappa shape index (κ3) is 0.556. The van der Waals surface area contributed by atoms with Crippen molar-refractivity contribution in [3.8, 4) is 0 Å². The zero-order chi connectivity index (χ0) is 6.97. The van der Waals surface area contributed by atoms with Crippen molar-refractivity contribution in [3.63, 3.8) is 0 Å². The van der Waals surface area contributed by atoms with Crippen molar-refractivity contribution in [1.82, 2.24) is 9.97 Å². The van der Waals surface area contributed by atoms with E-state index >= 15 is 0 Å². The second-order valence-corrected chi connectivity index (χ2v) is 1.90. The van der Waals surface area contributed by atoms with Crippen LogP contribution >= 0.6 is 0 Å². The van der Waals surface area contributed by atoms with Crippen LogP contribution in [0.15, 0.2) is 23.1 Å². The lowest BCUT2D eigenvalue weighted by atomic mass is 10.4. The topological polar surface area (TPSA) is 64.9 Å². The van der Waals surface area contributed by atoms with E-state index in [0.29, 0.717) is 16.9 Å². The van der Waals surface area contributed by atoms with Gasteiger partial charge in [0.2, 0.25) is 0 Å². The monoisotopic (exact) mass is 135 g/mol. The van der Waals surface area contributed by atoms with E-state index in [2.05, 4.69) is 9.97 Å². The number of hydrogen-bond acceptors (Lipinski definition) is 4. The van der Waals surface area contributed by atoms with E-state index in [1.807, 2.05) is 0 Å². The summed E-state index contributed by atoms with van der Waals surface area (Å²) in [6.45, 7) is 0. The predicted octanol–water partition coefficient (Wildman–Crippen LogP) is 0.805. The average Bonchev–Trinajstić information content (AvgIpc) is 2.36. The summed E-state index contributed by atoms with van der Waals surface area (Å²) in [4.78, 5) is 7.70. The third-order valence-corrected chi connectivity index (χ3v) is 1.28. The molecule has 2 heterocycles. The Morgan fingerprint density at radius 3 is 3.10 bits per heavy atom. The van der Waals surface area contributed by atoms with Crippen LogP contribution in [0.2, 0.25) is 0 Å². The molecule has 4 heteroatoms. The Labute approximate surface area is 56.7 Å². The molecule has 0 radical (unpaired) electrons. The molecule has 0 amide bonds. The van der Waals surface area contributed by atoms with E-state index in [4.69, 9.17) is 10.2 Å². The van der Waals surface area contributed by atoms with E-state index in [0.717, 1.165) is 0 Å². The van der Waals surface area contributed by atoms with E-state index in [-0.39, 0.29) is 0 Å². The van der Waals surface area contributed by atoms with Crippen molar-refractivity contribution in [2.75, 3.05) is 5.73 Å². The van der Waals surface area contributed by atoms with E-state index in [1.54, 1.807) is 12.3 Å². The van der Waals surface area contributed by atoms with Gasteiger partial charge in [0.1, 0.15) is 0 Å². The number of aromatic nitrogens is 2. The van der Waals surface area contributed by atoms with Crippen LogP contribution in [0.5, 0.6) is 0 Å². The molecule has 0 atom stereocenters. The minimum absolute atomic E-state index is 0.409. The Kier molecular flexibility index (Phi) is 0.887. The number of nitrogens with two attached hydrogens (primary N) is 1. The van der Waals surface area contributed by atoms with Gasteiger partial charge in [0.25, 0.3) is 0 Å². The smallest absolute Gasteiger partial charge is 0.182 e. The lowest BCUT2D eigenvalue weighted by Crippen LogP contribution is -1.89. The standard InChI is InChI=1S/C6H5N3O/c7-6-5-4(1-2-8-6)10-3-9-5/h1-3H,(H2,7,8). The Balaban J connectivity index is 2.95. The van der Waals surface area contributed by atoms with E-state index in [9.17, 15) is 0 Å². The lowest BCUT2D eigenvalue weighted by Gasteiger charge is -1.88. The van der Waals surface area contributed by atoms with E-state index < -0.39 is 0 Å². The van der Waals surface area contributed by atoms with Gasteiger partial charge in [-0.25, -0.2) is 9.97 Å². The molecule has 0 unspecified atom stereocenters. The average molecular weight is 135 g/mol. The molecule has 0 bridgehead atoms. The van der Waals surface area contributed by atoms with Crippen LogP contribution in [-0.2, 0) is 0 Å². The Morgan fingerprint density at radius 2 is 2.30 bits per heavy atom. The number of nitrogens with zero attached hydrogens (tertiary/aromatic N) is 2. The number of hydrogen-bond donors (Lipinski definition) is 1. The molecule has 0 saturated carbocycles. The van der Waals surface area contributed by atoms with Crippen LogP contribution in [0, 0.1) is 0 Å². The van der Waals surface area contributed by atoms with Crippen molar-refractivity contribution in [1.29, 1.82) is 0 Å². The number of oxazole rings is 1. The summed E-state index contributed by atoms with van der Waals surface area (Å²) in [6, 6.07) is 1.72. The van der Waals surface area contributed by atoms with Crippen molar-refractivity contribution in [3.05, 3.63) is 18.7 Å². The second kappa shape index (κ2) is 1.70. The highest BCUT2D eigenvalue weighted by molar-refractivity contribution is 5.81. The molecule has 2 rings (SSSR count). The molecule has 2 aromatic heterocycles. The first kappa shape index (κ1) is 5.22. The van der Waals surface area contributed by atoms with Gasteiger partial charge in [-0.05, 0) is 0 Å². The van der Waals surface area contributed by atoms with Gasteiger partial charge in [-0.15, -0.1) is 0 Å². The number of nitrogen functional groups attached to an aromatic ring is 1. The van der Waals surface area contributed by atoms with Gasteiger partial charge in [-0.2, -0.15) is 0 Å². The van der Waals surface area contributed by atoms with Gasteiger partial charge in [0, 0.05) is 12.3 Å². The molecule has 0 spiro atoms. The van der Waals surface area contributed by atoms with Gasteiger partial charge in [-0.3, -0.25) is 0 Å². The maximum Gasteiger partial charge on any atom is 0.182 e. The van der Waals surface area contributed by atoms with Crippen LogP contribution in [0.25, 0.3) is 11.1 Å². The third-order valence-electron chi connectivity index (χ3n) is 1.28. The molecule has 0 saturated heterocycles. The van der Waals surface area contributed by atoms with Crippen molar-refractivity contribution >= 4 is 16.9 Å². The van der Waals surface area contributed by atoms with Gasteiger partial charge in [0.15, 0.2) is 23.3 Å². The quantitative estimate of drug-likeness (QED) is 0.580. The molecule has 0 aromatic carbocycles. The van der Waals surface area contributed by atoms with Gasteiger partial charge in [0.05, 0.1) is 0 Å². The maximum atomic E-state index is 5.47. The summed E-state index contributed by atoms with van der Waals surface area (Å²) in [6.07, 6.45) is 2.94. The fourth-order valence-corrected chi connectivity index (χ4v) is 0.812. The summed E-state index contributed by atoms with van der Waals surface area (Å²) in [5, 5.41) is 0. The van der Waals surface area contributed by atoms with Crippen molar-refractivity contribution < 1.29 is 4.42 Å². The fourth-order valence-electron chi connectivity index (χ4n) is 0.812. The SMILES string of the molecule is Nc1nccc2ocnc12. The number of fused-ring (bicyclic) bond motifs is 1. The summed E-state index contributed by atoms with van der Waals surface area (Å²) in [7, 11) is 0. The molecule has 4 nitrogen and oxygen atoms in total. The number of rotatable bonds is 0. The second-order valence-electron chi connectivity index (χ2n) is 1.90. The number of pyridine rings is 1. The summed E-state index contributed by atoms with van der Waals surface area (Å²) >= 11 is 0. The van der Waals surface area contributed by atoms with Gasteiger partial charge in [-0.1, -0.05) is 0 Å². The van der Waals surface area contributed by atoms with Crippen molar-refractivity contribution in [2.24, 2.45) is 0 Å². The van der Waals surface area contributed by atoms with Crippen LogP contribution in [0.1, 0.15) is 0 Å². The summed E-state index contributed by atoms with van der Waals surface area (Å²) in [5.74, 6) is 0.409. The predicted molar refractivity (Wildman–Crippen MR) is 36.2 cm³/mol. The molecule has 0 aliphatic heterocycles. The highest BCUT2D eigenvalue weighted by atomic mass is 16.3. The van der Waals surface area contributed by atoms with Crippen LogP contribution in [0.3, 0.4) is 0 Å². The first-order valence-electron chi connectivity index (χ1n) is 2.81. The first-order chi connectivity index (χ1) is 4.88. The van der Waals surface area contributed by atoms with Crippen molar-refractivity contribution in [2.45, 2.75) is 0 Å². The minimum Gasteiger partial charge on any atom is -0.443 e. The fraction of sp³-hybridized carbons (Fsp3) is 0. The molecule has 0 aliphatic rings. The zero-order valence-electron chi connectivity index (χ0n) is 5.11. The molecule has 10 heavy (non-hydrogen) atoms.